The number of esters is 1. The van der Waals surface area contributed by atoms with Crippen molar-refractivity contribution in [2.75, 3.05) is 6.54 Å². The summed E-state index contributed by atoms with van der Waals surface area (Å²) in [5.74, 6) is -0.938. The predicted molar refractivity (Wildman–Crippen MR) is 161 cm³/mol. The molecular weight excluding hydrogens is 568 g/mol. The van der Waals surface area contributed by atoms with E-state index in [1.807, 2.05) is 42.5 Å². The van der Waals surface area contributed by atoms with Crippen LogP contribution < -0.4 is 5.32 Å². The number of rotatable bonds is 19. The lowest BCUT2D eigenvalue weighted by Gasteiger charge is -2.23. The summed E-state index contributed by atoms with van der Waals surface area (Å²) in [6.45, 7) is -0.228. The molecule has 0 radical (unpaired) electrons. The molecule has 0 bridgehead atoms. The van der Waals surface area contributed by atoms with Crippen molar-refractivity contribution in [2.24, 2.45) is 11.8 Å². The number of hydrogen-bond donors (Lipinski definition) is 6. The van der Waals surface area contributed by atoms with E-state index in [1.165, 1.54) is 5.56 Å². The Hall–Kier alpha value is -3.16. The summed E-state index contributed by atoms with van der Waals surface area (Å²) in [6.07, 6.45) is 7.59. The van der Waals surface area contributed by atoms with Crippen molar-refractivity contribution in [1.82, 2.24) is 10.7 Å². The Morgan fingerprint density at radius 3 is 2.30 bits per heavy atom. The zero-order valence-corrected chi connectivity index (χ0v) is 25.0. The number of hydrogen-bond acceptors (Lipinski definition) is 10. The van der Waals surface area contributed by atoms with Gasteiger partial charge in [0, 0.05) is 6.42 Å². The van der Waals surface area contributed by atoms with E-state index in [9.17, 15) is 24.9 Å². The normalized spacial score (nSPS) is 20.7. The molecule has 11 nitrogen and oxygen atoms in total. The Morgan fingerprint density at radius 1 is 0.909 bits per heavy atom. The molecule has 5 atom stereocenters. The second kappa shape index (κ2) is 19.3. The fourth-order valence-corrected chi connectivity index (χ4v) is 5.50. The molecule has 1 amide bonds. The second-order valence-corrected chi connectivity index (χ2v) is 11.3. The number of aliphatic hydroxyl groups is 3. The van der Waals surface area contributed by atoms with Crippen LogP contribution in [0.15, 0.2) is 66.7 Å². The van der Waals surface area contributed by atoms with E-state index < -0.39 is 24.3 Å². The van der Waals surface area contributed by atoms with Crippen LogP contribution >= 0.6 is 0 Å². The van der Waals surface area contributed by atoms with Gasteiger partial charge in [0.15, 0.2) is 0 Å². The zero-order valence-electron chi connectivity index (χ0n) is 25.0. The van der Waals surface area contributed by atoms with Crippen molar-refractivity contribution in [1.29, 1.82) is 0 Å². The number of amides is 1. The Labute approximate surface area is 258 Å². The summed E-state index contributed by atoms with van der Waals surface area (Å²) in [6, 6.07) is 16.9. The van der Waals surface area contributed by atoms with Gasteiger partial charge in [0.25, 0.3) is 0 Å². The van der Waals surface area contributed by atoms with Gasteiger partial charge in [-0.1, -0.05) is 66.7 Å². The van der Waals surface area contributed by atoms with Gasteiger partial charge in [0.2, 0.25) is 5.91 Å². The molecular formula is C33H46N2O9. The molecule has 3 rings (SSSR count). The molecule has 0 aromatic heterocycles. The summed E-state index contributed by atoms with van der Waals surface area (Å²) in [7, 11) is 0. The Balaban J connectivity index is 1.26. The monoisotopic (exact) mass is 614 g/mol. The Kier molecular flexibility index (Phi) is 15.5. The maximum atomic E-state index is 12.1. The van der Waals surface area contributed by atoms with Crippen LogP contribution in [0.2, 0.25) is 0 Å². The number of carbonyl (C=O) groups is 2. The van der Waals surface area contributed by atoms with Gasteiger partial charge < -0.3 is 25.4 Å². The van der Waals surface area contributed by atoms with Crippen molar-refractivity contribution < 1.29 is 44.9 Å². The number of aryl methyl sites for hydroxylation is 1. The average Bonchev–Trinajstić information content (AvgIpc) is 3.29. The fourth-order valence-electron chi connectivity index (χ4n) is 5.50. The summed E-state index contributed by atoms with van der Waals surface area (Å²) < 4.78 is 5.17. The quantitative estimate of drug-likeness (QED) is 0.0595. The van der Waals surface area contributed by atoms with E-state index in [-0.39, 0.29) is 49.3 Å². The van der Waals surface area contributed by atoms with E-state index >= 15 is 0 Å². The van der Waals surface area contributed by atoms with E-state index in [2.05, 4.69) is 10.2 Å². The predicted octanol–water partition coefficient (Wildman–Crippen LogP) is 3.61. The minimum absolute atomic E-state index is 0.0366. The molecule has 1 saturated carbocycles. The number of aliphatic hydroxyl groups excluding tert-OH is 3. The van der Waals surface area contributed by atoms with Crippen LogP contribution in [0.5, 0.6) is 0 Å². The van der Waals surface area contributed by atoms with Crippen molar-refractivity contribution in [2.45, 2.75) is 89.3 Å². The van der Waals surface area contributed by atoms with E-state index in [0.29, 0.717) is 50.5 Å². The first-order chi connectivity index (χ1) is 21.2. The van der Waals surface area contributed by atoms with Gasteiger partial charge in [-0.3, -0.25) is 20.0 Å². The highest BCUT2D eigenvalue weighted by molar-refractivity contribution is 5.81. The van der Waals surface area contributed by atoms with E-state index in [0.717, 1.165) is 12.0 Å². The van der Waals surface area contributed by atoms with Crippen LogP contribution in [0, 0.1) is 11.8 Å². The third kappa shape index (κ3) is 13.2. The lowest BCUT2D eigenvalue weighted by atomic mass is 9.85. The number of carbonyl (C=O) groups excluding carboxylic acids is 2. The lowest BCUT2D eigenvalue weighted by Crippen LogP contribution is -2.30. The van der Waals surface area contributed by atoms with Crippen molar-refractivity contribution in [3.05, 3.63) is 83.4 Å². The summed E-state index contributed by atoms with van der Waals surface area (Å²) >= 11 is 0. The molecule has 2 aromatic carbocycles. The summed E-state index contributed by atoms with van der Waals surface area (Å²) in [5, 5.41) is 50.8. The van der Waals surface area contributed by atoms with Crippen molar-refractivity contribution in [3.63, 3.8) is 0 Å². The second-order valence-electron chi connectivity index (χ2n) is 11.3. The maximum absolute atomic E-state index is 12.1. The van der Waals surface area contributed by atoms with Gasteiger partial charge in [-0.05, 0) is 79.9 Å². The van der Waals surface area contributed by atoms with Gasteiger partial charge >= 0.3 is 5.97 Å². The van der Waals surface area contributed by atoms with Crippen molar-refractivity contribution >= 4 is 11.9 Å². The first kappa shape index (κ1) is 35.3. The molecule has 1 fully saturated rings. The molecule has 44 heavy (non-hydrogen) atoms. The number of ether oxygens (including phenoxy) is 1. The number of benzene rings is 2. The third-order valence-corrected chi connectivity index (χ3v) is 8.01. The smallest absolute Gasteiger partial charge is 0.325 e. The molecule has 0 unspecified atom stereocenters. The molecule has 2 aromatic rings. The van der Waals surface area contributed by atoms with Crippen LogP contribution in [0.4, 0.5) is 0 Å². The lowest BCUT2D eigenvalue weighted by molar-refractivity contribution is -0.497. The first-order valence-corrected chi connectivity index (χ1v) is 15.2. The van der Waals surface area contributed by atoms with Crippen LogP contribution in [-0.4, -0.2) is 67.9 Å². The highest BCUT2D eigenvalue weighted by Crippen LogP contribution is 2.38. The van der Waals surface area contributed by atoms with Gasteiger partial charge in [-0.25, -0.2) is 4.84 Å². The highest BCUT2D eigenvalue weighted by atomic mass is 17.1. The number of nitrogens with zero attached hydrogens (tertiary/aromatic N) is 1. The maximum Gasteiger partial charge on any atom is 0.325 e. The number of unbranched alkanes of at least 4 members (excludes halogenated alkanes) is 1. The first-order valence-electron chi connectivity index (χ1n) is 15.2. The molecule has 242 valence electrons. The summed E-state index contributed by atoms with van der Waals surface area (Å²) in [4.78, 5) is 28.6. The molecule has 0 spiro atoms. The minimum Gasteiger partial charge on any atom is -0.460 e. The van der Waals surface area contributed by atoms with Crippen LogP contribution in [-0.2, 0) is 38.8 Å². The highest BCUT2D eigenvalue weighted by Gasteiger charge is 2.40. The fraction of sp³-hybridized carbons (Fsp3) is 0.515. The molecule has 1 aliphatic rings. The number of nitrogens with one attached hydrogen (secondary N) is 1. The minimum atomic E-state index is -0.578. The Bertz CT molecular complexity index is 1140. The van der Waals surface area contributed by atoms with Crippen LogP contribution in [0.3, 0.4) is 0 Å². The van der Waals surface area contributed by atoms with E-state index in [1.54, 1.807) is 24.3 Å². The molecule has 1 aliphatic carbocycles. The average molecular weight is 615 g/mol. The van der Waals surface area contributed by atoms with Gasteiger partial charge in [-0.2, -0.15) is 0 Å². The zero-order chi connectivity index (χ0) is 31.7. The van der Waals surface area contributed by atoms with Crippen LogP contribution in [0.1, 0.15) is 68.1 Å². The van der Waals surface area contributed by atoms with Gasteiger partial charge in [-0.15, -0.1) is 0 Å². The van der Waals surface area contributed by atoms with E-state index in [4.69, 9.17) is 15.2 Å². The van der Waals surface area contributed by atoms with Crippen LogP contribution in [0.25, 0.3) is 0 Å². The molecule has 0 saturated heterocycles. The molecule has 0 aliphatic heterocycles. The summed E-state index contributed by atoms with van der Waals surface area (Å²) in [5.41, 5.74) is 2.61. The molecule has 6 N–H and O–H groups in total. The largest absolute Gasteiger partial charge is 0.460 e. The SMILES string of the molecule is O=C(CCC/C=C\C[C@@H]1[C@@H](CC[C@@H](O)CCc2ccccc2)[C@H](O)C[C@@H]1O)NCC(=O)OCc1ccc(CON(O)O)cc1. The third-order valence-electron chi connectivity index (χ3n) is 8.01. The van der Waals surface area contributed by atoms with Gasteiger partial charge in [0.1, 0.15) is 13.2 Å². The van der Waals surface area contributed by atoms with Gasteiger partial charge in [0.05, 0.1) is 30.3 Å². The molecule has 0 heterocycles. The Morgan fingerprint density at radius 2 is 1.59 bits per heavy atom. The topological polar surface area (TPSA) is 169 Å². The standard InChI is InChI=1S/C33H46N2O9/c36-27(17-16-24-8-4-3-5-9-24)18-19-29-28(30(37)20-31(29)38)10-6-1-2-7-11-32(39)34-21-33(40)43-22-25-12-14-26(15-13-25)23-44-35(41)42/h1,3-6,8-9,12-15,27-31,36-38,41-42H,2,7,10-11,16-23H2,(H,34,39)/b6-1-/t27-,28+,29+,30-,31+/m0/s1. The van der Waals surface area contributed by atoms with Crippen molar-refractivity contribution in [3.8, 4) is 0 Å². The number of allylic oxidation sites excluding steroid dienone is 2. The molecule has 11 heteroatoms.